The Bertz CT molecular complexity index is 1470. The fourth-order valence-corrected chi connectivity index (χ4v) is 6.97. The third-order valence-corrected chi connectivity index (χ3v) is 9.22. The summed E-state index contributed by atoms with van der Waals surface area (Å²) in [6.45, 7) is 5.76. The van der Waals surface area contributed by atoms with Gasteiger partial charge in [0.15, 0.2) is 0 Å². The Balaban J connectivity index is 1.21. The van der Waals surface area contributed by atoms with Crippen LogP contribution in [0, 0.1) is 13.8 Å². The molecule has 2 N–H and O–H groups in total. The number of nitrogens with one attached hydrogen (secondary N) is 2. The molecule has 2 aliphatic rings. The number of furan rings is 1. The molecule has 0 radical (unpaired) electrons. The van der Waals surface area contributed by atoms with Gasteiger partial charge in [-0.1, -0.05) is 24.3 Å². The summed E-state index contributed by atoms with van der Waals surface area (Å²) in [7, 11) is -2.22. The Morgan fingerprint density at radius 2 is 1.87 bits per heavy atom. The fourth-order valence-electron chi connectivity index (χ4n) is 4.90. The van der Waals surface area contributed by atoms with Crippen LogP contribution in [0.25, 0.3) is 0 Å². The SMILES string of the molecule is COc1cc(C)c(S(=O)(=O)N(Cc2cc(C(=O)NCCc3ccc(C4=NCCN4)cc3)co2)C2CC2)c(C)c1. The van der Waals surface area contributed by atoms with Crippen molar-refractivity contribution in [1.82, 2.24) is 14.9 Å². The van der Waals surface area contributed by atoms with Gasteiger partial charge in [-0.2, -0.15) is 4.31 Å². The average molecular weight is 551 g/mol. The summed E-state index contributed by atoms with van der Waals surface area (Å²) in [4.78, 5) is 17.5. The quantitative estimate of drug-likeness (QED) is 0.377. The predicted molar refractivity (Wildman–Crippen MR) is 149 cm³/mol. The molecule has 10 heteroatoms. The third-order valence-electron chi connectivity index (χ3n) is 7.02. The molecule has 1 amide bonds. The van der Waals surface area contributed by atoms with Crippen LogP contribution in [0.5, 0.6) is 5.75 Å². The molecule has 1 aromatic heterocycles. The number of methoxy groups -OCH3 is 1. The molecule has 0 bridgehead atoms. The first kappa shape index (κ1) is 27.0. The lowest BCUT2D eigenvalue weighted by molar-refractivity contribution is 0.0953. The second-order valence-electron chi connectivity index (χ2n) is 10.0. The lowest BCUT2D eigenvalue weighted by atomic mass is 10.1. The van der Waals surface area contributed by atoms with Crippen LogP contribution in [-0.2, 0) is 23.0 Å². The molecule has 1 aliphatic heterocycles. The van der Waals surface area contributed by atoms with Crippen molar-refractivity contribution in [2.45, 2.75) is 50.6 Å². The Kier molecular flexibility index (Phi) is 7.76. The molecule has 5 rings (SSSR count). The first-order valence-electron chi connectivity index (χ1n) is 13.2. The van der Waals surface area contributed by atoms with Gasteiger partial charge in [0.05, 0.1) is 30.7 Å². The smallest absolute Gasteiger partial charge is 0.254 e. The lowest BCUT2D eigenvalue weighted by Crippen LogP contribution is -2.33. The maximum Gasteiger partial charge on any atom is 0.254 e. The van der Waals surface area contributed by atoms with Gasteiger partial charge in [-0.15, -0.1) is 0 Å². The zero-order valence-corrected chi connectivity index (χ0v) is 23.3. The first-order chi connectivity index (χ1) is 18.8. The molecule has 0 unspecified atom stereocenters. The fraction of sp³-hybridized carbons (Fsp3) is 0.379. The van der Waals surface area contributed by atoms with Crippen LogP contribution in [0.2, 0.25) is 0 Å². The average Bonchev–Trinajstić information content (AvgIpc) is 3.38. The van der Waals surface area contributed by atoms with Gasteiger partial charge < -0.3 is 19.8 Å². The number of aliphatic imine (C=N–C) groups is 1. The molecule has 9 nitrogen and oxygen atoms in total. The second-order valence-corrected chi connectivity index (χ2v) is 11.9. The number of amides is 1. The highest BCUT2D eigenvalue weighted by Gasteiger charge is 2.40. The molecular weight excluding hydrogens is 516 g/mol. The van der Waals surface area contributed by atoms with Gasteiger partial charge in [0.1, 0.15) is 23.6 Å². The summed E-state index contributed by atoms with van der Waals surface area (Å²) >= 11 is 0. The van der Waals surface area contributed by atoms with E-state index in [9.17, 15) is 13.2 Å². The van der Waals surface area contributed by atoms with Crippen LogP contribution < -0.4 is 15.4 Å². The molecular formula is C29H34N4O5S. The summed E-state index contributed by atoms with van der Waals surface area (Å²) in [5.41, 5.74) is 3.81. The van der Waals surface area contributed by atoms with E-state index in [0.717, 1.165) is 42.9 Å². The van der Waals surface area contributed by atoms with Crippen LogP contribution in [0.15, 0.2) is 63.0 Å². The Morgan fingerprint density at radius 1 is 1.15 bits per heavy atom. The normalized spacial score (nSPS) is 15.2. The van der Waals surface area contributed by atoms with Crippen LogP contribution in [0.3, 0.4) is 0 Å². The minimum absolute atomic E-state index is 0.0671. The van der Waals surface area contributed by atoms with Crippen molar-refractivity contribution in [1.29, 1.82) is 0 Å². The third kappa shape index (κ3) is 6.02. The number of carbonyl (C=O) groups excluding carboxylic acids is 1. The van der Waals surface area contributed by atoms with Crippen molar-refractivity contribution < 1.29 is 22.4 Å². The number of amidine groups is 1. The number of benzene rings is 2. The molecule has 0 saturated heterocycles. The largest absolute Gasteiger partial charge is 0.497 e. The molecule has 2 heterocycles. The molecule has 39 heavy (non-hydrogen) atoms. The lowest BCUT2D eigenvalue weighted by Gasteiger charge is -2.23. The maximum atomic E-state index is 13.7. The first-order valence-corrected chi connectivity index (χ1v) is 14.6. The van der Waals surface area contributed by atoms with Crippen molar-refractivity contribution in [2.75, 3.05) is 26.7 Å². The van der Waals surface area contributed by atoms with E-state index in [4.69, 9.17) is 9.15 Å². The number of hydrogen-bond donors (Lipinski definition) is 2. The van der Waals surface area contributed by atoms with E-state index >= 15 is 0 Å². The van der Waals surface area contributed by atoms with E-state index in [1.165, 1.54) is 10.6 Å². The minimum atomic E-state index is -3.78. The van der Waals surface area contributed by atoms with Crippen LogP contribution in [-0.4, -0.2) is 57.3 Å². The molecule has 1 aliphatic carbocycles. The van der Waals surface area contributed by atoms with Crippen molar-refractivity contribution in [3.05, 3.63) is 82.3 Å². The standard InChI is InChI=1S/C29H34N4O5S/c1-19-14-25(37-3)15-20(2)27(19)39(35,36)33(24-8-9-24)17-26-16-23(18-38-26)29(34)32-11-10-21-4-6-22(7-5-21)28-30-12-13-31-28/h4-7,14-16,18,24H,8-13,17H2,1-3H3,(H,30,31)(H,32,34). The summed E-state index contributed by atoms with van der Waals surface area (Å²) in [6, 6.07) is 13.2. The molecule has 0 atom stereocenters. The van der Waals surface area contributed by atoms with Crippen LogP contribution in [0.4, 0.5) is 0 Å². The van der Waals surface area contributed by atoms with Gasteiger partial charge in [-0.25, -0.2) is 8.42 Å². The highest BCUT2D eigenvalue weighted by molar-refractivity contribution is 7.89. The Hall–Kier alpha value is -3.63. The van der Waals surface area contributed by atoms with E-state index < -0.39 is 10.0 Å². The Labute approximate surface area is 229 Å². The van der Waals surface area contributed by atoms with Crippen LogP contribution >= 0.6 is 0 Å². The summed E-state index contributed by atoms with van der Waals surface area (Å²) < 4.78 is 39.9. The molecule has 2 aromatic carbocycles. The number of aryl methyl sites for hydroxylation is 2. The topological polar surface area (TPSA) is 113 Å². The summed E-state index contributed by atoms with van der Waals surface area (Å²) in [5.74, 6) is 1.72. The maximum absolute atomic E-state index is 13.7. The van der Waals surface area contributed by atoms with Crippen molar-refractivity contribution in [2.24, 2.45) is 4.99 Å². The van der Waals surface area contributed by atoms with E-state index in [1.807, 2.05) is 24.3 Å². The van der Waals surface area contributed by atoms with Gasteiger partial charge >= 0.3 is 0 Å². The number of sulfonamides is 1. The number of carbonyl (C=O) groups is 1. The van der Waals surface area contributed by atoms with Crippen molar-refractivity contribution >= 4 is 21.8 Å². The van der Waals surface area contributed by atoms with Crippen LogP contribution in [0.1, 0.15) is 51.2 Å². The van der Waals surface area contributed by atoms with E-state index in [-0.39, 0.29) is 18.5 Å². The summed E-state index contributed by atoms with van der Waals surface area (Å²) in [6.07, 6.45) is 3.67. The number of hydrogen-bond acceptors (Lipinski definition) is 7. The monoisotopic (exact) mass is 550 g/mol. The minimum Gasteiger partial charge on any atom is -0.497 e. The number of nitrogens with zero attached hydrogens (tertiary/aromatic N) is 2. The van der Waals surface area contributed by atoms with Gasteiger partial charge in [0.2, 0.25) is 10.0 Å². The molecule has 206 valence electrons. The van der Waals surface area contributed by atoms with E-state index in [1.54, 1.807) is 39.2 Å². The second kappa shape index (κ2) is 11.2. The molecule has 1 saturated carbocycles. The number of rotatable bonds is 11. The van der Waals surface area contributed by atoms with Crippen molar-refractivity contribution in [3.63, 3.8) is 0 Å². The van der Waals surface area contributed by atoms with Gasteiger partial charge in [0.25, 0.3) is 5.91 Å². The highest BCUT2D eigenvalue weighted by atomic mass is 32.2. The van der Waals surface area contributed by atoms with Gasteiger partial charge in [0, 0.05) is 24.7 Å². The summed E-state index contributed by atoms with van der Waals surface area (Å²) in [5, 5.41) is 6.18. The zero-order valence-electron chi connectivity index (χ0n) is 22.5. The molecule has 3 aromatic rings. The predicted octanol–water partition coefficient (Wildman–Crippen LogP) is 3.58. The van der Waals surface area contributed by atoms with Crippen molar-refractivity contribution in [3.8, 4) is 5.75 Å². The van der Waals surface area contributed by atoms with E-state index in [0.29, 0.717) is 46.1 Å². The van der Waals surface area contributed by atoms with E-state index in [2.05, 4.69) is 15.6 Å². The Morgan fingerprint density at radius 3 is 2.49 bits per heavy atom. The van der Waals surface area contributed by atoms with Gasteiger partial charge in [-0.05, 0) is 68.0 Å². The highest BCUT2D eigenvalue weighted by Crippen LogP contribution is 2.36. The molecule has 1 fully saturated rings. The number of ether oxygens (including phenoxy) is 1. The molecule has 0 spiro atoms. The van der Waals surface area contributed by atoms with Gasteiger partial charge in [-0.3, -0.25) is 9.79 Å². The zero-order chi connectivity index (χ0) is 27.6.